The normalized spacial score (nSPS) is 24.5. The lowest BCUT2D eigenvalue weighted by molar-refractivity contribution is 0.650. The molecule has 0 spiro atoms. The highest BCUT2D eigenvalue weighted by Crippen LogP contribution is 2.23. The molecule has 1 aliphatic rings. The number of nitrogens with two attached hydrogens (primary N) is 1. The van der Waals surface area contributed by atoms with Crippen molar-refractivity contribution in [1.29, 1.82) is 0 Å². The van der Waals surface area contributed by atoms with E-state index in [1.54, 1.807) is 0 Å². The van der Waals surface area contributed by atoms with Gasteiger partial charge in [0.25, 0.3) is 0 Å². The zero-order valence-corrected chi connectivity index (χ0v) is 8.14. The summed E-state index contributed by atoms with van der Waals surface area (Å²) in [5.74, 6) is 1.30. The second-order valence-electron chi connectivity index (χ2n) is 2.73. The molecule has 0 bridgehead atoms. The van der Waals surface area contributed by atoms with Crippen molar-refractivity contribution in [2.75, 3.05) is 12.3 Å². The Hall–Kier alpha value is 0.0400. The van der Waals surface area contributed by atoms with E-state index >= 15 is 0 Å². The van der Waals surface area contributed by atoms with Crippen LogP contribution in [0.1, 0.15) is 19.3 Å². The van der Waals surface area contributed by atoms with Gasteiger partial charge in [0.1, 0.15) is 0 Å². The molecule has 0 aromatic heterocycles. The van der Waals surface area contributed by atoms with E-state index in [-0.39, 0.29) is 0 Å². The van der Waals surface area contributed by atoms with Gasteiger partial charge >= 0.3 is 0 Å². The molecule has 0 radical (unpaired) electrons. The summed E-state index contributed by atoms with van der Waals surface area (Å²) in [6.07, 6.45) is 4.03. The first-order valence-electron chi connectivity index (χ1n) is 3.94. The maximum absolute atomic E-state index is 5.32. The van der Waals surface area contributed by atoms with Gasteiger partial charge < -0.3 is 11.1 Å². The SMILES string of the molecule is NC(=S)NCC1CCCCS1. The van der Waals surface area contributed by atoms with Gasteiger partial charge in [-0.25, -0.2) is 0 Å². The number of hydrogen-bond acceptors (Lipinski definition) is 2. The second kappa shape index (κ2) is 4.83. The van der Waals surface area contributed by atoms with Crippen molar-refractivity contribution >= 4 is 29.1 Å². The Morgan fingerprint density at radius 2 is 2.45 bits per heavy atom. The molecule has 1 heterocycles. The fourth-order valence-corrected chi connectivity index (χ4v) is 2.50. The highest BCUT2D eigenvalue weighted by Gasteiger charge is 2.12. The third kappa shape index (κ3) is 3.82. The average molecular weight is 190 g/mol. The Morgan fingerprint density at radius 3 is 3.00 bits per heavy atom. The van der Waals surface area contributed by atoms with E-state index in [4.69, 9.17) is 18.0 Å². The first-order chi connectivity index (χ1) is 5.29. The van der Waals surface area contributed by atoms with Gasteiger partial charge in [0.2, 0.25) is 0 Å². The van der Waals surface area contributed by atoms with Crippen molar-refractivity contribution in [2.24, 2.45) is 5.73 Å². The van der Waals surface area contributed by atoms with Gasteiger partial charge in [-0.2, -0.15) is 11.8 Å². The molecule has 0 aromatic rings. The van der Waals surface area contributed by atoms with Crippen LogP contribution >= 0.6 is 24.0 Å². The molecule has 1 saturated heterocycles. The topological polar surface area (TPSA) is 38.0 Å². The molecular weight excluding hydrogens is 176 g/mol. The van der Waals surface area contributed by atoms with Crippen LogP contribution in [0.3, 0.4) is 0 Å². The Bertz CT molecular complexity index is 132. The average Bonchev–Trinajstić information content (AvgIpc) is 2.03. The molecule has 1 rings (SSSR count). The summed E-state index contributed by atoms with van der Waals surface area (Å²) in [5.41, 5.74) is 5.32. The summed E-state index contributed by atoms with van der Waals surface area (Å²) in [4.78, 5) is 0. The van der Waals surface area contributed by atoms with Crippen LogP contribution < -0.4 is 11.1 Å². The minimum atomic E-state index is 0.427. The molecule has 1 atom stereocenters. The van der Waals surface area contributed by atoms with Gasteiger partial charge in [0, 0.05) is 11.8 Å². The lowest BCUT2D eigenvalue weighted by atomic mass is 10.2. The van der Waals surface area contributed by atoms with Crippen LogP contribution in [0.2, 0.25) is 0 Å². The van der Waals surface area contributed by atoms with E-state index in [1.807, 2.05) is 11.8 Å². The second-order valence-corrected chi connectivity index (χ2v) is 4.58. The van der Waals surface area contributed by atoms with Gasteiger partial charge in [-0.05, 0) is 30.8 Å². The highest BCUT2D eigenvalue weighted by atomic mass is 32.2. The molecule has 0 saturated carbocycles. The number of rotatable bonds is 2. The van der Waals surface area contributed by atoms with Crippen LogP contribution in [0.15, 0.2) is 0 Å². The maximum atomic E-state index is 5.32. The van der Waals surface area contributed by atoms with Crippen molar-refractivity contribution in [1.82, 2.24) is 5.32 Å². The molecule has 0 aliphatic carbocycles. The summed E-state index contributed by atoms with van der Waals surface area (Å²) in [7, 11) is 0. The van der Waals surface area contributed by atoms with E-state index in [0.29, 0.717) is 5.11 Å². The standard InChI is InChI=1S/C7H14N2S2/c8-7(10)9-5-6-3-1-2-4-11-6/h6H,1-5H2,(H3,8,9,10). The van der Waals surface area contributed by atoms with Crippen molar-refractivity contribution in [2.45, 2.75) is 24.5 Å². The minimum Gasteiger partial charge on any atom is -0.376 e. The quantitative estimate of drug-likeness (QED) is 0.640. The van der Waals surface area contributed by atoms with Crippen LogP contribution in [0.4, 0.5) is 0 Å². The van der Waals surface area contributed by atoms with Gasteiger partial charge in [-0.1, -0.05) is 6.42 Å². The van der Waals surface area contributed by atoms with Gasteiger partial charge in [-0.15, -0.1) is 0 Å². The fourth-order valence-electron chi connectivity index (χ4n) is 1.18. The summed E-state index contributed by atoms with van der Waals surface area (Å²) < 4.78 is 0. The third-order valence-corrected chi connectivity index (χ3v) is 3.32. The van der Waals surface area contributed by atoms with E-state index in [2.05, 4.69) is 5.32 Å². The molecule has 4 heteroatoms. The Morgan fingerprint density at radius 1 is 1.64 bits per heavy atom. The van der Waals surface area contributed by atoms with Gasteiger partial charge in [0.15, 0.2) is 5.11 Å². The Balaban J connectivity index is 2.09. The van der Waals surface area contributed by atoms with E-state index < -0.39 is 0 Å². The van der Waals surface area contributed by atoms with Crippen molar-refractivity contribution < 1.29 is 0 Å². The van der Waals surface area contributed by atoms with Crippen LogP contribution in [-0.2, 0) is 0 Å². The Kier molecular flexibility index (Phi) is 4.01. The van der Waals surface area contributed by atoms with Crippen LogP contribution in [0.25, 0.3) is 0 Å². The fraction of sp³-hybridized carbons (Fsp3) is 0.857. The lowest BCUT2D eigenvalue weighted by Gasteiger charge is -2.21. The number of nitrogens with one attached hydrogen (secondary N) is 1. The number of thioether (sulfide) groups is 1. The van der Waals surface area contributed by atoms with Gasteiger partial charge in [0.05, 0.1) is 0 Å². The maximum Gasteiger partial charge on any atom is 0.163 e. The molecular formula is C7H14N2S2. The monoisotopic (exact) mass is 190 g/mol. The van der Waals surface area contributed by atoms with Gasteiger partial charge in [-0.3, -0.25) is 0 Å². The van der Waals surface area contributed by atoms with E-state index in [0.717, 1.165) is 11.8 Å². The van der Waals surface area contributed by atoms with Crippen LogP contribution in [0.5, 0.6) is 0 Å². The van der Waals surface area contributed by atoms with E-state index in [9.17, 15) is 0 Å². The molecule has 11 heavy (non-hydrogen) atoms. The van der Waals surface area contributed by atoms with Crippen molar-refractivity contribution in [3.63, 3.8) is 0 Å². The zero-order valence-electron chi connectivity index (χ0n) is 6.51. The van der Waals surface area contributed by atoms with Crippen molar-refractivity contribution in [3.05, 3.63) is 0 Å². The first-order valence-corrected chi connectivity index (χ1v) is 5.39. The molecule has 1 unspecified atom stereocenters. The van der Waals surface area contributed by atoms with E-state index in [1.165, 1.54) is 25.0 Å². The van der Waals surface area contributed by atoms with Crippen LogP contribution in [-0.4, -0.2) is 22.7 Å². The molecule has 2 nitrogen and oxygen atoms in total. The molecule has 1 aliphatic heterocycles. The first kappa shape index (κ1) is 9.13. The number of thiocarbonyl (C=S) groups is 1. The Labute approximate surface area is 77.3 Å². The highest BCUT2D eigenvalue weighted by molar-refractivity contribution is 7.99. The predicted molar refractivity (Wildman–Crippen MR) is 54.9 cm³/mol. The number of hydrogen-bond donors (Lipinski definition) is 2. The summed E-state index contributed by atoms with van der Waals surface area (Å²) in [6.45, 7) is 0.944. The van der Waals surface area contributed by atoms with Crippen LogP contribution in [0, 0.1) is 0 Å². The lowest BCUT2D eigenvalue weighted by Crippen LogP contribution is -2.35. The zero-order chi connectivity index (χ0) is 8.10. The molecule has 64 valence electrons. The predicted octanol–water partition coefficient (Wildman–Crippen LogP) is 1.11. The smallest absolute Gasteiger partial charge is 0.163 e. The van der Waals surface area contributed by atoms with Crippen molar-refractivity contribution in [3.8, 4) is 0 Å². The minimum absolute atomic E-state index is 0.427. The molecule has 0 aromatic carbocycles. The summed E-state index contributed by atoms with van der Waals surface area (Å²) in [6, 6.07) is 0. The largest absolute Gasteiger partial charge is 0.376 e. The molecule has 3 N–H and O–H groups in total. The third-order valence-electron chi connectivity index (χ3n) is 1.78. The molecule has 0 amide bonds. The summed E-state index contributed by atoms with van der Waals surface area (Å²) in [5, 5.41) is 4.16. The summed E-state index contributed by atoms with van der Waals surface area (Å²) >= 11 is 6.75. The molecule has 1 fully saturated rings.